The van der Waals surface area contributed by atoms with Gasteiger partial charge in [0.1, 0.15) is 0 Å². The number of amides is 1. The second-order valence-corrected chi connectivity index (χ2v) is 5.56. The first-order valence-corrected chi connectivity index (χ1v) is 7.32. The van der Waals surface area contributed by atoms with Crippen molar-refractivity contribution in [1.82, 2.24) is 5.32 Å². The number of halogens is 1. The predicted molar refractivity (Wildman–Crippen MR) is 77.8 cm³/mol. The number of ether oxygens (including phenoxy) is 2. The van der Waals surface area contributed by atoms with Gasteiger partial charge in [0.15, 0.2) is 6.10 Å². The Morgan fingerprint density at radius 3 is 2.62 bits per heavy atom. The fraction of sp³-hybridized carbons (Fsp3) is 0.429. The molecule has 6 nitrogen and oxygen atoms in total. The summed E-state index contributed by atoms with van der Waals surface area (Å²) in [6.45, 7) is 1.01. The van der Waals surface area contributed by atoms with Crippen LogP contribution in [-0.4, -0.2) is 42.9 Å². The van der Waals surface area contributed by atoms with Crippen LogP contribution in [0.4, 0.5) is 0 Å². The van der Waals surface area contributed by atoms with E-state index in [-0.39, 0.29) is 18.9 Å². The molecule has 1 saturated heterocycles. The number of hydrogen-bond donors (Lipinski definition) is 2. The van der Waals surface area contributed by atoms with Gasteiger partial charge in [0.05, 0.1) is 32.3 Å². The standard InChI is InChI=1S/C14H16BrNO5/c15-10-3-1-9(2-4-10)11(7-13(17)18)16-14(19)12-8-20-5-6-21-12/h1-4,11-12H,5-8H2,(H,16,19)(H,17,18)/t11-,12-/m1/s1. The maximum atomic E-state index is 12.1. The Morgan fingerprint density at radius 1 is 1.33 bits per heavy atom. The first kappa shape index (κ1) is 15.9. The van der Waals surface area contributed by atoms with Crippen LogP contribution in [0.1, 0.15) is 18.0 Å². The van der Waals surface area contributed by atoms with E-state index in [9.17, 15) is 9.59 Å². The van der Waals surface area contributed by atoms with Crippen LogP contribution in [0.2, 0.25) is 0 Å². The fourth-order valence-electron chi connectivity index (χ4n) is 2.03. The molecule has 0 bridgehead atoms. The molecular weight excluding hydrogens is 342 g/mol. The summed E-state index contributed by atoms with van der Waals surface area (Å²) in [5, 5.41) is 11.7. The van der Waals surface area contributed by atoms with E-state index in [2.05, 4.69) is 21.2 Å². The van der Waals surface area contributed by atoms with Crippen LogP contribution in [0.15, 0.2) is 28.7 Å². The third-order valence-electron chi connectivity index (χ3n) is 3.08. The Hall–Kier alpha value is -1.44. The molecule has 1 aliphatic heterocycles. The van der Waals surface area contributed by atoms with E-state index in [1.165, 1.54) is 0 Å². The Morgan fingerprint density at radius 2 is 2.05 bits per heavy atom. The third-order valence-corrected chi connectivity index (χ3v) is 3.60. The summed E-state index contributed by atoms with van der Waals surface area (Å²) >= 11 is 3.32. The van der Waals surface area contributed by atoms with E-state index in [1.54, 1.807) is 24.3 Å². The summed E-state index contributed by atoms with van der Waals surface area (Å²) in [6.07, 6.45) is -0.883. The summed E-state index contributed by atoms with van der Waals surface area (Å²) < 4.78 is 11.4. The molecule has 2 rings (SSSR count). The first-order valence-electron chi connectivity index (χ1n) is 6.53. The molecular formula is C14H16BrNO5. The molecule has 0 radical (unpaired) electrons. The van der Waals surface area contributed by atoms with Crippen LogP contribution in [-0.2, 0) is 19.1 Å². The Balaban J connectivity index is 2.06. The van der Waals surface area contributed by atoms with Crippen molar-refractivity contribution in [2.45, 2.75) is 18.6 Å². The molecule has 0 saturated carbocycles. The lowest BCUT2D eigenvalue weighted by Crippen LogP contribution is -2.44. The van der Waals surface area contributed by atoms with E-state index in [0.717, 1.165) is 10.0 Å². The highest BCUT2D eigenvalue weighted by atomic mass is 79.9. The number of hydrogen-bond acceptors (Lipinski definition) is 4. The Bertz CT molecular complexity index is 499. The number of rotatable bonds is 5. The quantitative estimate of drug-likeness (QED) is 0.833. The van der Waals surface area contributed by atoms with Gasteiger partial charge in [0.2, 0.25) is 0 Å². The van der Waals surface area contributed by atoms with Crippen molar-refractivity contribution in [3.63, 3.8) is 0 Å². The molecule has 1 aliphatic rings. The molecule has 21 heavy (non-hydrogen) atoms. The summed E-state index contributed by atoms with van der Waals surface area (Å²) in [6, 6.07) is 6.55. The molecule has 0 spiro atoms. The topological polar surface area (TPSA) is 84.9 Å². The van der Waals surface area contributed by atoms with E-state index in [0.29, 0.717) is 13.2 Å². The van der Waals surface area contributed by atoms with Crippen molar-refractivity contribution in [2.75, 3.05) is 19.8 Å². The monoisotopic (exact) mass is 357 g/mol. The zero-order chi connectivity index (χ0) is 15.2. The highest BCUT2D eigenvalue weighted by molar-refractivity contribution is 9.10. The molecule has 1 heterocycles. The SMILES string of the molecule is O=C(O)C[C@@H](NC(=O)[C@H]1COCCO1)c1ccc(Br)cc1. The third kappa shape index (κ3) is 4.80. The number of carbonyl (C=O) groups excluding carboxylic acids is 1. The lowest BCUT2D eigenvalue weighted by atomic mass is 10.0. The van der Waals surface area contributed by atoms with E-state index in [4.69, 9.17) is 14.6 Å². The maximum absolute atomic E-state index is 12.1. The molecule has 1 aromatic rings. The van der Waals surface area contributed by atoms with Gasteiger partial charge in [0, 0.05) is 4.47 Å². The summed E-state index contributed by atoms with van der Waals surface area (Å²) in [5.41, 5.74) is 0.727. The lowest BCUT2D eigenvalue weighted by Gasteiger charge is -2.25. The largest absolute Gasteiger partial charge is 0.481 e. The minimum Gasteiger partial charge on any atom is -0.481 e. The number of nitrogens with one attached hydrogen (secondary N) is 1. The molecule has 0 aromatic heterocycles. The molecule has 0 aliphatic carbocycles. The highest BCUT2D eigenvalue weighted by Gasteiger charge is 2.26. The average Bonchev–Trinajstić information content (AvgIpc) is 2.48. The van der Waals surface area contributed by atoms with Crippen molar-refractivity contribution < 1.29 is 24.2 Å². The Labute approximate surface area is 130 Å². The van der Waals surface area contributed by atoms with Crippen LogP contribution < -0.4 is 5.32 Å². The molecule has 0 unspecified atom stereocenters. The van der Waals surface area contributed by atoms with E-state index < -0.39 is 18.1 Å². The molecule has 114 valence electrons. The van der Waals surface area contributed by atoms with Gasteiger partial charge in [-0.25, -0.2) is 0 Å². The lowest BCUT2D eigenvalue weighted by molar-refractivity contribution is -0.148. The number of carboxylic acids is 1. The highest BCUT2D eigenvalue weighted by Crippen LogP contribution is 2.20. The van der Waals surface area contributed by atoms with Crippen molar-refractivity contribution in [2.24, 2.45) is 0 Å². The molecule has 1 amide bonds. The number of carbonyl (C=O) groups is 2. The van der Waals surface area contributed by atoms with Crippen molar-refractivity contribution in [1.29, 1.82) is 0 Å². The number of carboxylic acid groups (broad SMARTS) is 1. The molecule has 2 N–H and O–H groups in total. The van der Waals surface area contributed by atoms with Crippen LogP contribution in [0.3, 0.4) is 0 Å². The van der Waals surface area contributed by atoms with Crippen molar-refractivity contribution >= 4 is 27.8 Å². The first-order chi connectivity index (χ1) is 10.1. The van der Waals surface area contributed by atoms with Crippen LogP contribution in [0.25, 0.3) is 0 Å². The van der Waals surface area contributed by atoms with Crippen LogP contribution in [0, 0.1) is 0 Å². The summed E-state index contributed by atoms with van der Waals surface area (Å²) in [7, 11) is 0. The minimum absolute atomic E-state index is 0.186. The Kier molecular flexibility index (Phi) is 5.72. The van der Waals surface area contributed by atoms with Gasteiger partial charge in [-0.05, 0) is 17.7 Å². The van der Waals surface area contributed by atoms with Gasteiger partial charge >= 0.3 is 5.97 Å². The zero-order valence-corrected chi connectivity index (χ0v) is 12.8. The number of aliphatic carboxylic acids is 1. The van der Waals surface area contributed by atoms with Gasteiger partial charge in [-0.2, -0.15) is 0 Å². The van der Waals surface area contributed by atoms with Crippen molar-refractivity contribution in [3.05, 3.63) is 34.3 Å². The van der Waals surface area contributed by atoms with Crippen LogP contribution >= 0.6 is 15.9 Å². The second-order valence-electron chi connectivity index (χ2n) is 4.64. The smallest absolute Gasteiger partial charge is 0.305 e. The average molecular weight is 358 g/mol. The van der Waals surface area contributed by atoms with Gasteiger partial charge in [0.25, 0.3) is 5.91 Å². The molecule has 7 heteroatoms. The zero-order valence-electron chi connectivity index (χ0n) is 11.3. The molecule has 2 atom stereocenters. The summed E-state index contributed by atoms with van der Waals surface area (Å²) in [4.78, 5) is 23.1. The molecule has 1 aromatic carbocycles. The normalized spacial score (nSPS) is 19.8. The van der Waals surface area contributed by atoms with E-state index in [1.807, 2.05) is 0 Å². The second kappa shape index (κ2) is 7.53. The minimum atomic E-state index is -0.982. The van der Waals surface area contributed by atoms with Gasteiger partial charge in [-0.1, -0.05) is 28.1 Å². The van der Waals surface area contributed by atoms with E-state index >= 15 is 0 Å². The molecule has 1 fully saturated rings. The fourth-order valence-corrected chi connectivity index (χ4v) is 2.29. The van der Waals surface area contributed by atoms with Gasteiger partial charge in [-0.15, -0.1) is 0 Å². The summed E-state index contributed by atoms with van der Waals surface area (Å²) in [5.74, 6) is -1.34. The predicted octanol–water partition coefficient (Wildman–Crippen LogP) is 1.50. The van der Waals surface area contributed by atoms with Crippen molar-refractivity contribution in [3.8, 4) is 0 Å². The van der Waals surface area contributed by atoms with Gasteiger partial charge < -0.3 is 19.9 Å². The van der Waals surface area contributed by atoms with Crippen LogP contribution in [0.5, 0.6) is 0 Å². The maximum Gasteiger partial charge on any atom is 0.305 e. The van der Waals surface area contributed by atoms with Gasteiger partial charge in [-0.3, -0.25) is 9.59 Å². The number of benzene rings is 1.